The van der Waals surface area contributed by atoms with Gasteiger partial charge in [-0.2, -0.15) is 4.99 Å². The lowest BCUT2D eigenvalue weighted by molar-refractivity contribution is 0.249. The van der Waals surface area contributed by atoms with Gasteiger partial charge >= 0.3 is 6.03 Å². The quantitative estimate of drug-likeness (QED) is 0.554. The van der Waals surface area contributed by atoms with Crippen molar-refractivity contribution in [1.29, 1.82) is 0 Å². The number of nitrogens with two attached hydrogens (primary N) is 2. The number of rotatable bonds is 3. The van der Waals surface area contributed by atoms with Crippen molar-refractivity contribution in [2.75, 3.05) is 6.54 Å². The van der Waals surface area contributed by atoms with Gasteiger partial charge in [0.05, 0.1) is 0 Å². The van der Waals surface area contributed by atoms with Gasteiger partial charge in [0.15, 0.2) is 5.96 Å². The molecule has 5 N–H and O–H groups in total. The van der Waals surface area contributed by atoms with Gasteiger partial charge in [0.1, 0.15) is 5.82 Å². The van der Waals surface area contributed by atoms with Crippen molar-refractivity contribution in [2.24, 2.45) is 16.5 Å². The molecule has 0 fully saturated rings. The normalized spacial score (nSPS) is 9.00. The Kier molecular flexibility index (Phi) is 6.65. The van der Waals surface area contributed by atoms with Crippen molar-refractivity contribution in [3.05, 3.63) is 35.6 Å². The van der Waals surface area contributed by atoms with Gasteiger partial charge in [-0.1, -0.05) is 12.1 Å². The van der Waals surface area contributed by atoms with Crippen LogP contribution in [-0.4, -0.2) is 18.5 Å². The first kappa shape index (κ1) is 15.2. The molecule has 0 unspecified atom stereocenters. The van der Waals surface area contributed by atoms with Gasteiger partial charge in [0.25, 0.3) is 0 Å². The molecule has 5 nitrogen and oxygen atoms in total. The molecule has 0 heterocycles. The molecule has 0 atom stereocenters. The van der Waals surface area contributed by atoms with E-state index in [-0.39, 0.29) is 24.2 Å². The molecule has 2 amide bonds. The van der Waals surface area contributed by atoms with Gasteiger partial charge in [0.2, 0.25) is 0 Å². The Morgan fingerprint density at radius 3 is 2.41 bits per heavy atom. The van der Waals surface area contributed by atoms with Crippen LogP contribution in [0.3, 0.4) is 0 Å². The lowest BCUT2D eigenvalue weighted by atomic mass is 10.1. The third kappa shape index (κ3) is 6.36. The summed E-state index contributed by atoms with van der Waals surface area (Å²) in [7, 11) is 0. The standard InChI is InChI=1S/C10H13FN4O.ClH/c11-8-3-1-7(2-4-8)5-6-14-10(16)15-9(12)13;/h1-4H,5-6H2,(H5,12,13,14,15,16);1H. The highest BCUT2D eigenvalue weighted by Gasteiger charge is 1.98. The maximum absolute atomic E-state index is 12.6. The predicted octanol–water partition coefficient (Wildman–Crippen LogP) is 0.773. The molecule has 0 saturated heterocycles. The van der Waals surface area contributed by atoms with E-state index in [1.165, 1.54) is 12.1 Å². The summed E-state index contributed by atoms with van der Waals surface area (Å²) in [5.74, 6) is -0.562. The maximum Gasteiger partial charge on any atom is 0.344 e. The van der Waals surface area contributed by atoms with E-state index < -0.39 is 6.03 Å². The summed E-state index contributed by atoms with van der Waals surface area (Å²) in [6.45, 7) is 0.390. The third-order valence-corrected chi connectivity index (χ3v) is 1.83. The first-order valence-electron chi connectivity index (χ1n) is 4.70. The molecule has 94 valence electrons. The number of halogens is 2. The highest BCUT2D eigenvalue weighted by molar-refractivity contribution is 5.90. The minimum absolute atomic E-state index is 0. The molecule has 0 aliphatic rings. The van der Waals surface area contributed by atoms with Gasteiger partial charge in [0, 0.05) is 6.54 Å². The van der Waals surface area contributed by atoms with E-state index in [1.807, 2.05) is 0 Å². The van der Waals surface area contributed by atoms with Crippen LogP contribution in [0.1, 0.15) is 5.56 Å². The van der Waals surface area contributed by atoms with Crippen LogP contribution < -0.4 is 16.8 Å². The fourth-order valence-corrected chi connectivity index (χ4v) is 1.12. The van der Waals surface area contributed by atoms with Crippen LogP contribution in [0.15, 0.2) is 29.3 Å². The fourth-order valence-electron chi connectivity index (χ4n) is 1.12. The van der Waals surface area contributed by atoms with E-state index in [9.17, 15) is 9.18 Å². The van der Waals surface area contributed by atoms with E-state index in [0.29, 0.717) is 13.0 Å². The number of amides is 2. The summed E-state index contributed by atoms with van der Waals surface area (Å²) in [6, 6.07) is 5.46. The number of hydrogen-bond donors (Lipinski definition) is 3. The zero-order valence-corrected chi connectivity index (χ0v) is 9.84. The second kappa shape index (κ2) is 7.45. The van der Waals surface area contributed by atoms with Crippen molar-refractivity contribution >= 4 is 24.4 Å². The number of aliphatic imine (C=N–C) groups is 1. The van der Waals surface area contributed by atoms with Crippen LogP contribution in [0.4, 0.5) is 9.18 Å². The summed E-state index contributed by atoms with van der Waals surface area (Å²) < 4.78 is 12.6. The van der Waals surface area contributed by atoms with Gasteiger partial charge < -0.3 is 16.8 Å². The molecule has 17 heavy (non-hydrogen) atoms. The number of carbonyl (C=O) groups excluding carboxylic acids is 1. The molecule has 0 aromatic heterocycles. The van der Waals surface area contributed by atoms with E-state index in [2.05, 4.69) is 10.3 Å². The zero-order valence-electron chi connectivity index (χ0n) is 9.02. The second-order valence-corrected chi connectivity index (χ2v) is 3.15. The molecular formula is C10H14ClFN4O. The molecule has 0 radical (unpaired) electrons. The first-order chi connectivity index (χ1) is 7.58. The summed E-state index contributed by atoms with van der Waals surface area (Å²) in [5.41, 5.74) is 11.0. The largest absolute Gasteiger partial charge is 0.370 e. The number of hydrogen-bond acceptors (Lipinski definition) is 1. The molecule has 7 heteroatoms. The first-order valence-corrected chi connectivity index (χ1v) is 4.70. The number of urea groups is 1. The third-order valence-electron chi connectivity index (χ3n) is 1.83. The molecule has 0 saturated carbocycles. The maximum atomic E-state index is 12.6. The Hall–Kier alpha value is -1.82. The number of nitrogens with one attached hydrogen (secondary N) is 1. The minimum Gasteiger partial charge on any atom is -0.370 e. The predicted molar refractivity (Wildman–Crippen MR) is 66.6 cm³/mol. The van der Waals surface area contributed by atoms with Gasteiger partial charge in [-0.25, -0.2) is 9.18 Å². The van der Waals surface area contributed by atoms with Crippen molar-refractivity contribution in [2.45, 2.75) is 6.42 Å². The van der Waals surface area contributed by atoms with E-state index >= 15 is 0 Å². The zero-order chi connectivity index (χ0) is 12.0. The smallest absolute Gasteiger partial charge is 0.344 e. The highest BCUT2D eigenvalue weighted by atomic mass is 35.5. The summed E-state index contributed by atoms with van der Waals surface area (Å²) in [6.07, 6.45) is 0.589. The Balaban J connectivity index is 0.00000256. The Morgan fingerprint density at radius 1 is 1.29 bits per heavy atom. The molecule has 1 aromatic rings. The minimum atomic E-state index is -0.581. The molecule has 0 spiro atoms. The van der Waals surface area contributed by atoms with Crippen LogP contribution in [0.5, 0.6) is 0 Å². The van der Waals surface area contributed by atoms with E-state index in [4.69, 9.17) is 11.5 Å². The van der Waals surface area contributed by atoms with Crippen molar-refractivity contribution in [3.63, 3.8) is 0 Å². The van der Waals surface area contributed by atoms with Crippen LogP contribution in [-0.2, 0) is 6.42 Å². The van der Waals surface area contributed by atoms with Crippen molar-refractivity contribution in [3.8, 4) is 0 Å². The molecule has 0 aliphatic carbocycles. The molecule has 0 aliphatic heterocycles. The van der Waals surface area contributed by atoms with Gasteiger partial charge in [-0.05, 0) is 24.1 Å². The van der Waals surface area contributed by atoms with Crippen molar-refractivity contribution < 1.29 is 9.18 Å². The van der Waals surface area contributed by atoms with E-state index in [1.54, 1.807) is 12.1 Å². The summed E-state index contributed by atoms with van der Waals surface area (Å²) in [5, 5.41) is 2.50. The Bertz CT molecular complexity index is 390. The highest BCUT2D eigenvalue weighted by Crippen LogP contribution is 2.02. The van der Waals surface area contributed by atoms with Crippen LogP contribution in [0.25, 0.3) is 0 Å². The average Bonchev–Trinajstić information content (AvgIpc) is 2.20. The summed E-state index contributed by atoms with van der Waals surface area (Å²) >= 11 is 0. The Labute approximate surface area is 104 Å². The SMILES string of the molecule is Cl.NC(N)=NC(=O)NCCc1ccc(F)cc1. The van der Waals surface area contributed by atoms with Gasteiger partial charge in [-0.15, -0.1) is 12.4 Å². The summed E-state index contributed by atoms with van der Waals surface area (Å²) in [4.78, 5) is 14.3. The molecule has 1 rings (SSSR count). The fraction of sp³-hybridized carbons (Fsp3) is 0.200. The van der Waals surface area contributed by atoms with Crippen LogP contribution in [0.2, 0.25) is 0 Å². The monoisotopic (exact) mass is 260 g/mol. The lowest BCUT2D eigenvalue weighted by Crippen LogP contribution is -2.29. The number of benzene rings is 1. The average molecular weight is 261 g/mol. The van der Waals surface area contributed by atoms with Gasteiger partial charge in [-0.3, -0.25) is 0 Å². The number of guanidine groups is 1. The molecule has 1 aromatic carbocycles. The topological polar surface area (TPSA) is 93.5 Å². The number of carbonyl (C=O) groups is 1. The lowest BCUT2D eigenvalue weighted by Gasteiger charge is -2.02. The number of nitrogens with zero attached hydrogens (tertiary/aromatic N) is 1. The van der Waals surface area contributed by atoms with Crippen LogP contribution in [0, 0.1) is 5.82 Å². The molecule has 0 bridgehead atoms. The van der Waals surface area contributed by atoms with E-state index in [0.717, 1.165) is 5.56 Å². The second-order valence-electron chi connectivity index (χ2n) is 3.15. The Morgan fingerprint density at radius 2 is 1.88 bits per heavy atom. The van der Waals surface area contributed by atoms with Crippen molar-refractivity contribution in [1.82, 2.24) is 5.32 Å². The molecular weight excluding hydrogens is 247 g/mol. The van der Waals surface area contributed by atoms with Crippen LogP contribution >= 0.6 is 12.4 Å².